The summed E-state index contributed by atoms with van der Waals surface area (Å²) < 4.78 is 32.6. The second-order valence-corrected chi connectivity index (χ2v) is 16.1. The van der Waals surface area contributed by atoms with E-state index in [0.717, 1.165) is 64.2 Å². The minimum absolute atomic E-state index is 0.0896. The molecule has 0 aliphatic carbocycles. The molecule has 0 amide bonds. The molecule has 0 bridgehead atoms. The largest absolute Gasteiger partial charge is 0.480 e. The van der Waals surface area contributed by atoms with Crippen LogP contribution < -0.4 is 5.73 Å². The number of hydrogen-bond donors (Lipinski definition) is 4. The number of allylic oxidation sites excluding steroid dienone is 7. The minimum Gasteiger partial charge on any atom is -0.480 e. The molecule has 0 rings (SSSR count). The molecule has 0 spiro atoms. The summed E-state index contributed by atoms with van der Waals surface area (Å²) in [6, 6.07) is -1.54. The molecule has 57 heavy (non-hydrogen) atoms. The molecule has 0 heterocycles. The van der Waals surface area contributed by atoms with Gasteiger partial charge in [-0.2, -0.15) is 0 Å². The number of rotatable bonds is 40. The van der Waals surface area contributed by atoms with Crippen molar-refractivity contribution in [3.05, 3.63) is 48.6 Å². The molecule has 0 aliphatic rings. The van der Waals surface area contributed by atoms with Crippen molar-refractivity contribution >= 4 is 25.7 Å². The maximum absolute atomic E-state index is 12.6. The molecule has 0 saturated heterocycles. The molecule has 330 valence electrons. The molecular formula is C44H78NO11P. The van der Waals surface area contributed by atoms with Crippen LogP contribution in [0.2, 0.25) is 0 Å². The van der Waals surface area contributed by atoms with Crippen LogP contribution in [0.1, 0.15) is 174 Å². The fraction of sp³-hybridized carbons (Fsp3) is 0.750. The average Bonchev–Trinajstić information content (AvgIpc) is 3.18. The van der Waals surface area contributed by atoms with Crippen LogP contribution in [0, 0.1) is 0 Å². The van der Waals surface area contributed by atoms with Crippen LogP contribution in [-0.2, 0) is 37.5 Å². The zero-order valence-electron chi connectivity index (χ0n) is 35.3. The molecule has 5 N–H and O–H groups in total. The number of carboxylic acid groups (broad SMARTS) is 1. The summed E-state index contributed by atoms with van der Waals surface area (Å²) in [6.45, 7) is 2.56. The van der Waals surface area contributed by atoms with Gasteiger partial charge in [-0.05, 0) is 57.8 Å². The third kappa shape index (κ3) is 38.7. The lowest BCUT2D eigenvalue weighted by Gasteiger charge is -2.20. The van der Waals surface area contributed by atoms with E-state index in [1.807, 2.05) is 18.2 Å². The Morgan fingerprint density at radius 1 is 0.649 bits per heavy atom. The predicted molar refractivity (Wildman–Crippen MR) is 228 cm³/mol. The van der Waals surface area contributed by atoms with E-state index in [1.54, 1.807) is 6.08 Å². The van der Waals surface area contributed by atoms with Crippen molar-refractivity contribution < 1.29 is 52.6 Å². The predicted octanol–water partition coefficient (Wildman–Crippen LogP) is 10.4. The van der Waals surface area contributed by atoms with Crippen LogP contribution in [0.15, 0.2) is 48.6 Å². The van der Waals surface area contributed by atoms with Gasteiger partial charge in [0.2, 0.25) is 0 Å². The number of esters is 2. The highest BCUT2D eigenvalue weighted by Gasteiger charge is 2.28. The number of carbonyl (C=O) groups is 3. The zero-order valence-corrected chi connectivity index (χ0v) is 36.2. The summed E-state index contributed by atoms with van der Waals surface area (Å²) in [6.07, 6.45) is 39.1. The number of hydrogen-bond acceptors (Lipinski definition) is 10. The molecule has 0 aromatic rings. The molecular weight excluding hydrogens is 749 g/mol. The van der Waals surface area contributed by atoms with E-state index < -0.39 is 57.2 Å². The van der Waals surface area contributed by atoms with Crippen molar-refractivity contribution in [3.63, 3.8) is 0 Å². The van der Waals surface area contributed by atoms with E-state index in [4.69, 9.17) is 24.8 Å². The van der Waals surface area contributed by atoms with Crippen molar-refractivity contribution in [2.24, 2.45) is 5.73 Å². The Hall–Kier alpha value is -2.60. The zero-order chi connectivity index (χ0) is 42.2. The van der Waals surface area contributed by atoms with E-state index in [0.29, 0.717) is 19.3 Å². The third-order valence-electron chi connectivity index (χ3n) is 9.16. The topological polar surface area (TPSA) is 192 Å². The van der Waals surface area contributed by atoms with Crippen LogP contribution in [-0.4, -0.2) is 71.1 Å². The summed E-state index contributed by atoms with van der Waals surface area (Å²) in [5.41, 5.74) is 5.32. The SMILES string of the molecule is CC/C=C/C/C=C/C=C/C(O)CCCCCCCC(=O)O[C@H](COC(=O)CCCCCCCCC/C=C\CCCCCCCC)COP(=O)(O)OC[C@H](N)C(=O)O. The van der Waals surface area contributed by atoms with Crippen LogP contribution in [0.3, 0.4) is 0 Å². The monoisotopic (exact) mass is 828 g/mol. The number of carboxylic acids is 1. The number of aliphatic hydroxyl groups is 1. The third-order valence-corrected chi connectivity index (χ3v) is 10.1. The lowest BCUT2D eigenvalue weighted by molar-refractivity contribution is -0.161. The van der Waals surface area contributed by atoms with Crippen molar-refractivity contribution in [1.82, 2.24) is 0 Å². The minimum atomic E-state index is -4.74. The maximum atomic E-state index is 12.6. The van der Waals surface area contributed by atoms with E-state index in [1.165, 1.54) is 64.2 Å². The number of phosphoric ester groups is 1. The number of carbonyl (C=O) groups excluding carboxylic acids is 2. The lowest BCUT2D eigenvalue weighted by Crippen LogP contribution is -2.34. The normalized spacial score (nSPS) is 14.8. The Kier molecular flexibility index (Phi) is 37.1. The Morgan fingerprint density at radius 2 is 1.19 bits per heavy atom. The van der Waals surface area contributed by atoms with Gasteiger partial charge in [0.05, 0.1) is 19.3 Å². The number of nitrogens with two attached hydrogens (primary N) is 1. The second-order valence-electron chi connectivity index (χ2n) is 14.6. The first-order valence-electron chi connectivity index (χ1n) is 21.8. The van der Waals surface area contributed by atoms with Crippen molar-refractivity contribution in [1.29, 1.82) is 0 Å². The number of phosphoric acid groups is 1. The number of aliphatic carboxylic acids is 1. The van der Waals surface area contributed by atoms with Crippen LogP contribution in [0.5, 0.6) is 0 Å². The number of unbranched alkanes of at least 4 members (excludes halogenated alkanes) is 17. The Bertz CT molecular complexity index is 1170. The van der Waals surface area contributed by atoms with Gasteiger partial charge < -0.3 is 30.3 Å². The lowest BCUT2D eigenvalue weighted by atomic mass is 10.1. The van der Waals surface area contributed by atoms with Gasteiger partial charge in [0.25, 0.3) is 0 Å². The van der Waals surface area contributed by atoms with Gasteiger partial charge in [0, 0.05) is 12.8 Å². The average molecular weight is 828 g/mol. The molecule has 0 radical (unpaired) electrons. The summed E-state index contributed by atoms with van der Waals surface area (Å²) in [7, 11) is -4.74. The molecule has 0 fully saturated rings. The summed E-state index contributed by atoms with van der Waals surface area (Å²) >= 11 is 0. The van der Waals surface area contributed by atoms with Gasteiger partial charge in [-0.3, -0.25) is 23.4 Å². The van der Waals surface area contributed by atoms with Gasteiger partial charge >= 0.3 is 25.7 Å². The second kappa shape index (κ2) is 38.9. The fourth-order valence-electron chi connectivity index (χ4n) is 5.71. The highest BCUT2D eigenvalue weighted by Crippen LogP contribution is 2.43. The van der Waals surface area contributed by atoms with Gasteiger partial charge in [0.1, 0.15) is 12.6 Å². The molecule has 12 nitrogen and oxygen atoms in total. The molecule has 2 unspecified atom stereocenters. The van der Waals surface area contributed by atoms with Gasteiger partial charge in [-0.1, -0.05) is 152 Å². The Balaban J connectivity index is 4.45. The van der Waals surface area contributed by atoms with Gasteiger partial charge in [-0.15, -0.1) is 0 Å². The van der Waals surface area contributed by atoms with Crippen molar-refractivity contribution in [2.45, 2.75) is 193 Å². The fourth-order valence-corrected chi connectivity index (χ4v) is 6.49. The molecule has 0 aliphatic heterocycles. The molecule has 0 aromatic carbocycles. The first-order valence-corrected chi connectivity index (χ1v) is 23.3. The first-order chi connectivity index (χ1) is 27.5. The molecule has 0 saturated carbocycles. The van der Waals surface area contributed by atoms with Gasteiger partial charge in [-0.25, -0.2) is 4.57 Å². The maximum Gasteiger partial charge on any atom is 0.472 e. The molecule has 0 aromatic heterocycles. The van der Waals surface area contributed by atoms with Crippen LogP contribution >= 0.6 is 7.82 Å². The van der Waals surface area contributed by atoms with Crippen molar-refractivity contribution in [3.8, 4) is 0 Å². The quantitative estimate of drug-likeness (QED) is 0.0150. The highest BCUT2D eigenvalue weighted by atomic mass is 31.2. The summed E-state index contributed by atoms with van der Waals surface area (Å²) in [4.78, 5) is 46.0. The summed E-state index contributed by atoms with van der Waals surface area (Å²) in [5, 5.41) is 19.0. The van der Waals surface area contributed by atoms with E-state index in [2.05, 4.69) is 42.7 Å². The van der Waals surface area contributed by atoms with E-state index in [9.17, 15) is 28.9 Å². The highest BCUT2D eigenvalue weighted by molar-refractivity contribution is 7.47. The van der Waals surface area contributed by atoms with Crippen molar-refractivity contribution in [2.75, 3.05) is 19.8 Å². The molecule has 4 atom stereocenters. The first kappa shape index (κ1) is 54.4. The molecule has 13 heteroatoms. The Labute approximate surface area is 344 Å². The standard InChI is InChI=1S/C44H78NO11P/c1-3-5-7-9-11-12-13-14-15-16-17-18-19-20-22-26-30-34-42(47)53-36-40(37-54-57(51,52)55-38-41(45)44(49)50)56-43(48)35-31-27-23-25-29-33-39(46)32-28-24-21-10-8-6-4-2/h6,8,14-15,21,24,28,32,39-41,46H,3-5,7,9-13,16-20,22-23,25-27,29-31,33-38,45H2,1-2H3,(H,49,50)(H,51,52)/b8-6+,15-14-,24-21+,32-28+/t39?,40-,41+/m1/s1. The van der Waals surface area contributed by atoms with Crippen LogP contribution in [0.25, 0.3) is 0 Å². The number of aliphatic hydroxyl groups excluding tert-OH is 1. The Morgan fingerprint density at radius 3 is 1.79 bits per heavy atom. The van der Waals surface area contributed by atoms with E-state index in [-0.39, 0.29) is 19.4 Å². The number of ether oxygens (including phenoxy) is 2. The van der Waals surface area contributed by atoms with E-state index >= 15 is 0 Å². The van der Waals surface area contributed by atoms with Gasteiger partial charge in [0.15, 0.2) is 6.10 Å². The smallest absolute Gasteiger partial charge is 0.472 e. The van der Waals surface area contributed by atoms with Crippen LogP contribution in [0.4, 0.5) is 0 Å². The summed E-state index contributed by atoms with van der Waals surface area (Å²) in [5.74, 6) is -2.48.